The van der Waals surface area contributed by atoms with Crippen molar-refractivity contribution in [2.45, 2.75) is 52.6 Å². The van der Waals surface area contributed by atoms with Crippen molar-refractivity contribution in [1.82, 2.24) is 15.1 Å². The molecule has 1 unspecified atom stereocenters. The normalized spacial score (nSPS) is 13.6. The van der Waals surface area contributed by atoms with Crippen molar-refractivity contribution in [3.8, 4) is 0 Å². The van der Waals surface area contributed by atoms with Gasteiger partial charge in [0.2, 0.25) is 0 Å². The van der Waals surface area contributed by atoms with Crippen LogP contribution in [0.2, 0.25) is 5.02 Å². The van der Waals surface area contributed by atoms with Crippen LogP contribution in [0.5, 0.6) is 0 Å². The van der Waals surface area contributed by atoms with Gasteiger partial charge in [0.1, 0.15) is 0 Å². The maximum atomic E-state index is 6.19. The average Bonchev–Trinajstić information content (AvgIpc) is 2.61. The van der Waals surface area contributed by atoms with E-state index in [2.05, 4.69) is 38.1 Å². The van der Waals surface area contributed by atoms with Crippen LogP contribution in [0, 0.1) is 5.92 Å². The molecule has 0 fully saturated rings. The third-order valence-electron chi connectivity index (χ3n) is 3.20. The molecule has 0 aliphatic rings. The van der Waals surface area contributed by atoms with Crippen LogP contribution in [0.4, 0.5) is 0 Å². The van der Waals surface area contributed by atoms with Crippen molar-refractivity contribution in [3.63, 3.8) is 0 Å². The first-order chi connectivity index (χ1) is 7.97. The predicted molar refractivity (Wildman–Crippen MR) is 73.6 cm³/mol. The van der Waals surface area contributed by atoms with Crippen molar-refractivity contribution in [2.75, 3.05) is 7.05 Å². The highest BCUT2D eigenvalue weighted by Gasteiger charge is 2.15. The molecule has 0 bridgehead atoms. The van der Waals surface area contributed by atoms with E-state index in [0.717, 1.165) is 23.6 Å². The van der Waals surface area contributed by atoms with Crippen LogP contribution in [0.3, 0.4) is 0 Å². The van der Waals surface area contributed by atoms with Crippen LogP contribution in [0.15, 0.2) is 6.20 Å². The molecule has 4 heteroatoms. The number of aromatic nitrogens is 2. The Kier molecular flexibility index (Phi) is 5.47. The SMILES string of the molecule is CNC(CCc1c(Cl)cnn1C(C)C)C(C)C. The molecule has 0 amide bonds. The molecule has 1 atom stereocenters. The van der Waals surface area contributed by atoms with Crippen LogP contribution in [0.1, 0.15) is 45.9 Å². The molecule has 0 radical (unpaired) electrons. The van der Waals surface area contributed by atoms with Gasteiger partial charge in [-0.1, -0.05) is 25.4 Å². The minimum atomic E-state index is 0.365. The molecule has 1 aromatic heterocycles. The van der Waals surface area contributed by atoms with Gasteiger partial charge in [0, 0.05) is 12.1 Å². The summed E-state index contributed by atoms with van der Waals surface area (Å²) >= 11 is 6.19. The number of nitrogens with one attached hydrogen (secondary N) is 1. The van der Waals surface area contributed by atoms with E-state index in [4.69, 9.17) is 11.6 Å². The van der Waals surface area contributed by atoms with Gasteiger partial charge >= 0.3 is 0 Å². The van der Waals surface area contributed by atoms with Gasteiger partial charge in [-0.15, -0.1) is 0 Å². The molecule has 0 aromatic carbocycles. The smallest absolute Gasteiger partial charge is 0.0817 e. The summed E-state index contributed by atoms with van der Waals surface area (Å²) in [6, 6.07) is 0.895. The molecular weight excluding hydrogens is 234 g/mol. The van der Waals surface area contributed by atoms with Crippen molar-refractivity contribution in [2.24, 2.45) is 5.92 Å². The molecule has 3 nitrogen and oxygen atoms in total. The Morgan fingerprint density at radius 2 is 2.00 bits per heavy atom. The highest BCUT2D eigenvalue weighted by Crippen LogP contribution is 2.21. The Labute approximate surface area is 110 Å². The molecule has 0 saturated heterocycles. The quantitative estimate of drug-likeness (QED) is 0.848. The Hall–Kier alpha value is -0.540. The summed E-state index contributed by atoms with van der Waals surface area (Å²) in [5.74, 6) is 0.634. The lowest BCUT2D eigenvalue weighted by Gasteiger charge is -2.20. The molecule has 0 spiro atoms. The molecule has 1 N–H and O–H groups in total. The summed E-state index contributed by atoms with van der Waals surface area (Å²) in [5, 5.41) is 8.48. The zero-order valence-corrected chi connectivity index (χ0v) is 12.3. The maximum Gasteiger partial charge on any atom is 0.0817 e. The lowest BCUT2D eigenvalue weighted by Crippen LogP contribution is -2.31. The Morgan fingerprint density at radius 1 is 1.35 bits per heavy atom. The lowest BCUT2D eigenvalue weighted by molar-refractivity contribution is 0.394. The molecule has 98 valence electrons. The summed E-state index contributed by atoms with van der Waals surface area (Å²) in [4.78, 5) is 0. The summed E-state index contributed by atoms with van der Waals surface area (Å²) < 4.78 is 2.02. The largest absolute Gasteiger partial charge is 0.317 e. The lowest BCUT2D eigenvalue weighted by atomic mass is 9.98. The zero-order valence-electron chi connectivity index (χ0n) is 11.5. The second-order valence-corrected chi connectivity index (χ2v) is 5.56. The fraction of sp³-hybridized carbons (Fsp3) is 0.769. The van der Waals surface area contributed by atoms with E-state index in [1.807, 2.05) is 11.7 Å². The standard InChI is InChI=1S/C13H24ClN3/c1-9(2)12(15-5)6-7-13-11(14)8-16-17(13)10(3)4/h8-10,12,15H,6-7H2,1-5H3. The molecule has 1 rings (SSSR count). The van der Waals surface area contributed by atoms with E-state index < -0.39 is 0 Å². The van der Waals surface area contributed by atoms with Crippen LogP contribution >= 0.6 is 11.6 Å². The molecule has 0 aliphatic carbocycles. The second-order valence-electron chi connectivity index (χ2n) is 5.16. The third-order valence-corrected chi connectivity index (χ3v) is 3.52. The topological polar surface area (TPSA) is 29.9 Å². The first-order valence-electron chi connectivity index (χ1n) is 6.36. The number of rotatable bonds is 6. The number of hydrogen-bond donors (Lipinski definition) is 1. The van der Waals surface area contributed by atoms with Gasteiger partial charge in [0.15, 0.2) is 0 Å². The van der Waals surface area contributed by atoms with E-state index in [1.165, 1.54) is 0 Å². The van der Waals surface area contributed by atoms with Crippen LogP contribution in [0.25, 0.3) is 0 Å². The van der Waals surface area contributed by atoms with Gasteiger partial charge in [-0.3, -0.25) is 4.68 Å². The highest BCUT2D eigenvalue weighted by atomic mass is 35.5. The van der Waals surface area contributed by atoms with Gasteiger partial charge in [-0.2, -0.15) is 5.10 Å². The molecule has 1 aromatic rings. The van der Waals surface area contributed by atoms with E-state index in [0.29, 0.717) is 18.0 Å². The highest BCUT2D eigenvalue weighted by molar-refractivity contribution is 6.31. The number of hydrogen-bond acceptors (Lipinski definition) is 2. The minimum absolute atomic E-state index is 0.365. The zero-order chi connectivity index (χ0) is 13.0. The molecule has 17 heavy (non-hydrogen) atoms. The first-order valence-corrected chi connectivity index (χ1v) is 6.74. The van der Waals surface area contributed by atoms with Crippen molar-refractivity contribution < 1.29 is 0 Å². The Balaban J connectivity index is 2.71. The van der Waals surface area contributed by atoms with E-state index in [-0.39, 0.29) is 0 Å². The summed E-state index contributed by atoms with van der Waals surface area (Å²) in [6.45, 7) is 8.74. The molecule has 0 saturated carbocycles. The summed E-state index contributed by atoms with van der Waals surface area (Å²) in [5.41, 5.74) is 1.16. The number of nitrogens with zero attached hydrogens (tertiary/aromatic N) is 2. The van der Waals surface area contributed by atoms with Gasteiger partial charge in [0.05, 0.1) is 16.9 Å². The second kappa shape index (κ2) is 6.41. The van der Waals surface area contributed by atoms with E-state index in [9.17, 15) is 0 Å². The van der Waals surface area contributed by atoms with Gasteiger partial charge in [-0.25, -0.2) is 0 Å². The molecular formula is C13H24ClN3. The Morgan fingerprint density at radius 3 is 2.47 bits per heavy atom. The van der Waals surface area contributed by atoms with Crippen LogP contribution in [-0.2, 0) is 6.42 Å². The fourth-order valence-electron chi connectivity index (χ4n) is 2.15. The Bertz CT molecular complexity index is 344. The van der Waals surface area contributed by atoms with Gasteiger partial charge in [0.25, 0.3) is 0 Å². The average molecular weight is 258 g/mol. The van der Waals surface area contributed by atoms with E-state index in [1.54, 1.807) is 6.20 Å². The van der Waals surface area contributed by atoms with Crippen LogP contribution in [-0.4, -0.2) is 22.9 Å². The van der Waals surface area contributed by atoms with Gasteiger partial charge in [-0.05, 0) is 39.7 Å². The van der Waals surface area contributed by atoms with Gasteiger partial charge < -0.3 is 5.32 Å². The predicted octanol–water partition coefficient (Wildman–Crippen LogP) is 3.29. The molecule has 1 heterocycles. The maximum absolute atomic E-state index is 6.19. The van der Waals surface area contributed by atoms with E-state index >= 15 is 0 Å². The summed E-state index contributed by atoms with van der Waals surface area (Å²) in [7, 11) is 2.02. The van der Waals surface area contributed by atoms with Crippen LogP contribution < -0.4 is 5.32 Å². The van der Waals surface area contributed by atoms with Crippen molar-refractivity contribution >= 4 is 11.6 Å². The fourth-order valence-corrected chi connectivity index (χ4v) is 2.37. The van der Waals surface area contributed by atoms with Crippen molar-refractivity contribution in [1.29, 1.82) is 0 Å². The third kappa shape index (κ3) is 3.71. The first kappa shape index (κ1) is 14.5. The monoisotopic (exact) mass is 257 g/mol. The molecule has 0 aliphatic heterocycles. The van der Waals surface area contributed by atoms with Crippen molar-refractivity contribution in [3.05, 3.63) is 16.9 Å². The number of halogens is 1. The summed E-state index contributed by atoms with van der Waals surface area (Å²) in [6.07, 6.45) is 3.81. The minimum Gasteiger partial charge on any atom is -0.317 e.